The van der Waals surface area contributed by atoms with Gasteiger partial charge in [0, 0.05) is 0 Å². The second kappa shape index (κ2) is 3.05. The number of hydrogen-bond donors (Lipinski definition) is 1. The Morgan fingerprint density at radius 2 is 2.36 bits per heavy atom. The molecule has 11 heavy (non-hydrogen) atoms. The number of thioether (sulfide) groups is 1. The predicted octanol–water partition coefficient (Wildman–Crippen LogP) is 1.99. The fourth-order valence-electron chi connectivity index (χ4n) is 1.86. The molecule has 2 unspecified atom stereocenters. The van der Waals surface area contributed by atoms with Crippen LogP contribution in [0.2, 0.25) is 0 Å². The average molecular weight is 174 g/mol. The molecular formula is C8H14O2S. The van der Waals surface area contributed by atoms with Crippen LogP contribution in [0.4, 0.5) is 0 Å². The van der Waals surface area contributed by atoms with Gasteiger partial charge in [-0.2, -0.15) is 0 Å². The molecule has 1 N–H and O–H groups in total. The van der Waals surface area contributed by atoms with E-state index in [1.807, 2.05) is 13.2 Å². The molecule has 0 aromatic rings. The van der Waals surface area contributed by atoms with Crippen LogP contribution in [0.1, 0.15) is 26.2 Å². The average Bonchev–Trinajstić information content (AvgIpc) is 2.32. The van der Waals surface area contributed by atoms with Gasteiger partial charge in [-0.3, -0.25) is 4.79 Å². The van der Waals surface area contributed by atoms with Gasteiger partial charge in [0.15, 0.2) is 0 Å². The molecule has 2 atom stereocenters. The van der Waals surface area contributed by atoms with E-state index in [2.05, 4.69) is 0 Å². The van der Waals surface area contributed by atoms with E-state index in [4.69, 9.17) is 5.11 Å². The molecule has 64 valence electrons. The van der Waals surface area contributed by atoms with Gasteiger partial charge in [-0.25, -0.2) is 0 Å². The largest absolute Gasteiger partial charge is 0.480 e. The Kier molecular flexibility index (Phi) is 2.47. The van der Waals surface area contributed by atoms with Gasteiger partial charge in [-0.1, -0.05) is 13.3 Å². The molecule has 0 heterocycles. The van der Waals surface area contributed by atoms with Crippen LogP contribution in [-0.4, -0.2) is 22.1 Å². The zero-order chi connectivity index (χ0) is 8.48. The van der Waals surface area contributed by atoms with Crippen molar-refractivity contribution in [3.05, 3.63) is 0 Å². The van der Waals surface area contributed by atoms with Crippen molar-refractivity contribution in [3.8, 4) is 0 Å². The summed E-state index contributed by atoms with van der Waals surface area (Å²) in [5.74, 6) is -0.301. The minimum absolute atomic E-state index is 0.329. The molecule has 1 fully saturated rings. The zero-order valence-corrected chi connectivity index (χ0v) is 7.78. The molecule has 0 bridgehead atoms. The number of carbonyl (C=O) groups is 1. The molecular weight excluding hydrogens is 160 g/mol. The van der Waals surface area contributed by atoms with E-state index in [1.54, 1.807) is 0 Å². The van der Waals surface area contributed by atoms with Crippen molar-refractivity contribution in [2.75, 3.05) is 6.26 Å². The van der Waals surface area contributed by atoms with E-state index in [0.29, 0.717) is 5.92 Å². The fraction of sp³-hybridized carbons (Fsp3) is 0.875. The Morgan fingerprint density at radius 3 is 2.55 bits per heavy atom. The van der Waals surface area contributed by atoms with Crippen molar-refractivity contribution in [1.82, 2.24) is 0 Å². The van der Waals surface area contributed by atoms with Crippen LogP contribution in [0.25, 0.3) is 0 Å². The Labute approximate surface area is 71.4 Å². The number of hydrogen-bond acceptors (Lipinski definition) is 2. The number of aliphatic carboxylic acids is 1. The number of rotatable bonds is 2. The molecule has 1 rings (SSSR count). The summed E-state index contributed by atoms with van der Waals surface area (Å²) in [6.07, 6.45) is 4.86. The quantitative estimate of drug-likeness (QED) is 0.695. The Hall–Kier alpha value is -0.180. The highest BCUT2D eigenvalue weighted by molar-refractivity contribution is 8.00. The molecule has 2 nitrogen and oxygen atoms in total. The van der Waals surface area contributed by atoms with Crippen molar-refractivity contribution in [2.45, 2.75) is 30.9 Å². The number of carboxylic acids is 1. The zero-order valence-electron chi connectivity index (χ0n) is 6.96. The lowest BCUT2D eigenvalue weighted by molar-refractivity contribution is -0.140. The Bertz CT molecular complexity index is 169. The second-order valence-corrected chi connectivity index (χ2v) is 4.33. The Morgan fingerprint density at radius 1 is 1.73 bits per heavy atom. The molecule has 0 aromatic heterocycles. The van der Waals surface area contributed by atoms with E-state index in [-0.39, 0.29) is 0 Å². The first-order valence-electron chi connectivity index (χ1n) is 3.92. The van der Waals surface area contributed by atoms with Gasteiger partial charge in [0.2, 0.25) is 0 Å². The molecule has 1 aliphatic carbocycles. The van der Waals surface area contributed by atoms with Gasteiger partial charge in [0.05, 0.1) is 0 Å². The molecule has 1 saturated carbocycles. The highest BCUT2D eigenvalue weighted by atomic mass is 32.2. The van der Waals surface area contributed by atoms with Gasteiger partial charge in [0.25, 0.3) is 0 Å². The topological polar surface area (TPSA) is 37.3 Å². The van der Waals surface area contributed by atoms with Gasteiger partial charge >= 0.3 is 5.97 Å². The third-order valence-corrected chi connectivity index (χ3v) is 4.22. The van der Waals surface area contributed by atoms with Crippen LogP contribution in [0, 0.1) is 5.92 Å². The van der Waals surface area contributed by atoms with Crippen LogP contribution >= 0.6 is 11.8 Å². The van der Waals surface area contributed by atoms with E-state index in [0.717, 1.165) is 19.3 Å². The summed E-state index contributed by atoms with van der Waals surface area (Å²) in [5.41, 5.74) is 0. The molecule has 0 aromatic carbocycles. The van der Waals surface area contributed by atoms with E-state index >= 15 is 0 Å². The molecule has 0 aliphatic heterocycles. The maximum absolute atomic E-state index is 10.9. The van der Waals surface area contributed by atoms with Crippen LogP contribution < -0.4 is 0 Å². The maximum atomic E-state index is 10.9. The standard InChI is InChI=1S/C8H14O2S/c1-6-4-3-5-8(6,11-2)7(9)10/h6H,3-5H2,1-2H3,(H,9,10). The summed E-state index contributed by atoms with van der Waals surface area (Å²) in [5, 5.41) is 9.01. The van der Waals surface area contributed by atoms with Gasteiger partial charge in [0.1, 0.15) is 4.75 Å². The van der Waals surface area contributed by atoms with E-state index in [1.165, 1.54) is 11.8 Å². The maximum Gasteiger partial charge on any atom is 0.320 e. The van der Waals surface area contributed by atoms with Crippen molar-refractivity contribution >= 4 is 17.7 Å². The summed E-state index contributed by atoms with van der Waals surface area (Å²) in [6.45, 7) is 2.04. The first kappa shape index (κ1) is 8.91. The van der Waals surface area contributed by atoms with Crippen molar-refractivity contribution in [2.24, 2.45) is 5.92 Å². The van der Waals surface area contributed by atoms with Crippen LogP contribution in [0.15, 0.2) is 0 Å². The third-order valence-electron chi connectivity index (χ3n) is 2.71. The summed E-state index contributed by atoms with van der Waals surface area (Å²) < 4.78 is -0.472. The lowest BCUT2D eigenvalue weighted by Crippen LogP contribution is -2.37. The lowest BCUT2D eigenvalue weighted by Gasteiger charge is -2.26. The lowest BCUT2D eigenvalue weighted by atomic mass is 9.97. The van der Waals surface area contributed by atoms with Gasteiger partial charge < -0.3 is 5.11 Å². The van der Waals surface area contributed by atoms with Gasteiger partial charge in [-0.05, 0) is 25.0 Å². The molecule has 0 saturated heterocycles. The summed E-state index contributed by atoms with van der Waals surface area (Å²) in [4.78, 5) is 10.9. The third kappa shape index (κ3) is 1.26. The van der Waals surface area contributed by atoms with Gasteiger partial charge in [-0.15, -0.1) is 11.8 Å². The van der Waals surface area contributed by atoms with E-state index in [9.17, 15) is 4.79 Å². The van der Waals surface area contributed by atoms with Crippen LogP contribution in [0.3, 0.4) is 0 Å². The second-order valence-electron chi connectivity index (χ2n) is 3.19. The van der Waals surface area contributed by atoms with E-state index < -0.39 is 10.7 Å². The minimum Gasteiger partial charge on any atom is -0.480 e. The molecule has 0 spiro atoms. The highest BCUT2D eigenvalue weighted by Gasteiger charge is 2.46. The smallest absolute Gasteiger partial charge is 0.320 e. The SMILES string of the molecule is CSC1(C(=O)O)CCCC1C. The molecule has 0 amide bonds. The highest BCUT2D eigenvalue weighted by Crippen LogP contribution is 2.44. The van der Waals surface area contributed by atoms with Crippen molar-refractivity contribution < 1.29 is 9.90 Å². The minimum atomic E-state index is -0.630. The Balaban J connectivity index is 2.82. The fourth-order valence-corrected chi connectivity index (χ4v) is 2.90. The molecule has 0 radical (unpaired) electrons. The van der Waals surface area contributed by atoms with Crippen LogP contribution in [0.5, 0.6) is 0 Å². The monoisotopic (exact) mass is 174 g/mol. The number of carboxylic acid groups (broad SMARTS) is 1. The molecule has 3 heteroatoms. The predicted molar refractivity (Wildman–Crippen MR) is 46.9 cm³/mol. The van der Waals surface area contributed by atoms with Crippen LogP contribution in [-0.2, 0) is 4.79 Å². The summed E-state index contributed by atoms with van der Waals surface area (Å²) in [6, 6.07) is 0. The van der Waals surface area contributed by atoms with Crippen molar-refractivity contribution in [3.63, 3.8) is 0 Å². The first-order chi connectivity index (χ1) is 5.13. The molecule has 1 aliphatic rings. The summed E-state index contributed by atoms with van der Waals surface area (Å²) >= 11 is 1.50. The first-order valence-corrected chi connectivity index (χ1v) is 5.14. The normalized spacial score (nSPS) is 37.5. The van der Waals surface area contributed by atoms with Crippen molar-refractivity contribution in [1.29, 1.82) is 0 Å². The summed E-state index contributed by atoms with van der Waals surface area (Å²) in [7, 11) is 0.